The SMILES string of the molecule is COCC(C)Oc1cc(C#N)cc(Cl)n1. The van der Waals surface area contributed by atoms with Gasteiger partial charge in [-0.25, -0.2) is 4.98 Å². The molecular weight excluding hydrogens is 216 g/mol. The number of halogens is 1. The summed E-state index contributed by atoms with van der Waals surface area (Å²) in [5, 5.41) is 8.95. The highest BCUT2D eigenvalue weighted by molar-refractivity contribution is 6.29. The van der Waals surface area contributed by atoms with E-state index >= 15 is 0 Å². The lowest BCUT2D eigenvalue weighted by Crippen LogP contribution is -2.18. The number of aromatic nitrogens is 1. The van der Waals surface area contributed by atoms with Crippen LogP contribution in [0.1, 0.15) is 12.5 Å². The molecule has 0 saturated carbocycles. The summed E-state index contributed by atoms with van der Waals surface area (Å²) in [4.78, 5) is 3.94. The minimum atomic E-state index is -0.132. The van der Waals surface area contributed by atoms with Crippen LogP contribution < -0.4 is 4.74 Å². The zero-order valence-electron chi connectivity index (χ0n) is 8.53. The van der Waals surface area contributed by atoms with Crippen LogP contribution in [0.4, 0.5) is 0 Å². The smallest absolute Gasteiger partial charge is 0.216 e. The first-order chi connectivity index (χ1) is 7.15. The molecule has 15 heavy (non-hydrogen) atoms. The van der Waals surface area contributed by atoms with Crippen molar-refractivity contribution >= 4 is 11.6 Å². The van der Waals surface area contributed by atoms with Gasteiger partial charge in [0.15, 0.2) is 0 Å². The van der Waals surface area contributed by atoms with Gasteiger partial charge < -0.3 is 9.47 Å². The van der Waals surface area contributed by atoms with Gasteiger partial charge in [0.05, 0.1) is 18.2 Å². The molecule has 0 amide bonds. The maximum absolute atomic E-state index is 8.71. The molecular formula is C10H11ClN2O2. The van der Waals surface area contributed by atoms with E-state index in [1.54, 1.807) is 7.11 Å². The average Bonchev–Trinajstić information content (AvgIpc) is 2.17. The largest absolute Gasteiger partial charge is 0.472 e. The number of pyridine rings is 1. The van der Waals surface area contributed by atoms with Crippen molar-refractivity contribution in [3.63, 3.8) is 0 Å². The lowest BCUT2D eigenvalue weighted by molar-refractivity contribution is 0.0890. The first-order valence-corrected chi connectivity index (χ1v) is 4.76. The molecule has 1 rings (SSSR count). The fraction of sp³-hybridized carbons (Fsp3) is 0.400. The van der Waals surface area contributed by atoms with Crippen molar-refractivity contribution in [2.75, 3.05) is 13.7 Å². The Morgan fingerprint density at radius 2 is 2.33 bits per heavy atom. The molecule has 0 aliphatic carbocycles. The zero-order chi connectivity index (χ0) is 11.3. The quantitative estimate of drug-likeness (QED) is 0.737. The van der Waals surface area contributed by atoms with E-state index in [4.69, 9.17) is 26.3 Å². The van der Waals surface area contributed by atoms with Gasteiger partial charge in [0, 0.05) is 13.2 Å². The van der Waals surface area contributed by atoms with Crippen LogP contribution in [-0.4, -0.2) is 24.8 Å². The molecule has 0 N–H and O–H groups in total. The Labute approximate surface area is 93.4 Å². The molecule has 1 atom stereocenters. The van der Waals surface area contributed by atoms with Crippen molar-refractivity contribution in [1.29, 1.82) is 5.26 Å². The fourth-order valence-corrected chi connectivity index (χ4v) is 1.27. The van der Waals surface area contributed by atoms with E-state index in [2.05, 4.69) is 4.98 Å². The molecule has 1 unspecified atom stereocenters. The van der Waals surface area contributed by atoms with Gasteiger partial charge in [-0.1, -0.05) is 11.6 Å². The lowest BCUT2D eigenvalue weighted by atomic mass is 10.3. The highest BCUT2D eigenvalue weighted by Gasteiger charge is 2.06. The molecule has 0 fully saturated rings. The molecule has 80 valence electrons. The Morgan fingerprint density at radius 3 is 2.93 bits per heavy atom. The number of nitrogens with zero attached hydrogens (tertiary/aromatic N) is 2. The third kappa shape index (κ3) is 3.74. The highest BCUT2D eigenvalue weighted by atomic mass is 35.5. The van der Waals surface area contributed by atoms with Gasteiger partial charge in [0.1, 0.15) is 11.3 Å². The van der Waals surface area contributed by atoms with Crippen molar-refractivity contribution in [1.82, 2.24) is 4.98 Å². The minimum absolute atomic E-state index is 0.132. The van der Waals surface area contributed by atoms with Crippen molar-refractivity contribution in [2.24, 2.45) is 0 Å². The van der Waals surface area contributed by atoms with Crippen LogP contribution in [0, 0.1) is 11.3 Å². The summed E-state index contributed by atoms with van der Waals surface area (Å²) >= 11 is 5.72. The molecule has 0 aromatic carbocycles. The third-order valence-corrected chi connectivity index (χ3v) is 1.82. The van der Waals surface area contributed by atoms with E-state index in [9.17, 15) is 0 Å². The van der Waals surface area contributed by atoms with E-state index in [1.165, 1.54) is 12.1 Å². The number of rotatable bonds is 4. The van der Waals surface area contributed by atoms with Crippen LogP contribution in [-0.2, 0) is 4.74 Å². The molecule has 0 radical (unpaired) electrons. The van der Waals surface area contributed by atoms with E-state index < -0.39 is 0 Å². The highest BCUT2D eigenvalue weighted by Crippen LogP contribution is 2.16. The number of hydrogen-bond donors (Lipinski definition) is 0. The first-order valence-electron chi connectivity index (χ1n) is 4.39. The number of nitriles is 1. The Balaban J connectivity index is 2.77. The van der Waals surface area contributed by atoms with Crippen LogP contribution in [0.3, 0.4) is 0 Å². The molecule has 0 saturated heterocycles. The van der Waals surface area contributed by atoms with Crippen LogP contribution in [0.15, 0.2) is 12.1 Å². The van der Waals surface area contributed by atoms with Crippen LogP contribution in [0.2, 0.25) is 5.15 Å². The van der Waals surface area contributed by atoms with Crippen molar-refractivity contribution in [3.05, 3.63) is 22.8 Å². The van der Waals surface area contributed by atoms with Gasteiger partial charge in [-0.15, -0.1) is 0 Å². The monoisotopic (exact) mass is 226 g/mol. The first kappa shape index (κ1) is 11.8. The summed E-state index contributed by atoms with van der Waals surface area (Å²) < 4.78 is 10.3. The molecule has 5 heteroatoms. The van der Waals surface area contributed by atoms with Gasteiger partial charge in [-0.2, -0.15) is 5.26 Å². The van der Waals surface area contributed by atoms with Crippen LogP contribution in [0.25, 0.3) is 0 Å². The average molecular weight is 227 g/mol. The number of hydrogen-bond acceptors (Lipinski definition) is 4. The Kier molecular flexibility index (Phi) is 4.35. The minimum Gasteiger partial charge on any atom is -0.472 e. The Bertz CT molecular complexity index is 376. The third-order valence-electron chi connectivity index (χ3n) is 1.62. The standard InChI is InChI=1S/C10H11ClN2O2/c1-7(6-14-2)15-10-4-8(5-12)3-9(11)13-10/h3-4,7H,6H2,1-2H3. The Morgan fingerprint density at radius 1 is 1.60 bits per heavy atom. The van der Waals surface area contributed by atoms with Gasteiger partial charge in [0.25, 0.3) is 0 Å². The molecule has 1 heterocycles. The van der Waals surface area contributed by atoms with Crippen LogP contribution >= 0.6 is 11.6 Å². The molecule has 0 bridgehead atoms. The second-order valence-electron chi connectivity index (χ2n) is 3.01. The van der Waals surface area contributed by atoms with Crippen LogP contribution in [0.5, 0.6) is 5.88 Å². The van der Waals surface area contributed by atoms with E-state index in [1.807, 2.05) is 13.0 Å². The van der Waals surface area contributed by atoms with Crippen molar-refractivity contribution in [3.8, 4) is 11.9 Å². The summed E-state index contributed by atoms with van der Waals surface area (Å²) in [6, 6.07) is 5.00. The summed E-state index contributed by atoms with van der Waals surface area (Å²) in [5.74, 6) is 0.337. The zero-order valence-corrected chi connectivity index (χ0v) is 9.28. The molecule has 4 nitrogen and oxygen atoms in total. The van der Waals surface area contributed by atoms with Crippen molar-refractivity contribution in [2.45, 2.75) is 13.0 Å². The van der Waals surface area contributed by atoms with E-state index in [-0.39, 0.29) is 11.3 Å². The second-order valence-corrected chi connectivity index (χ2v) is 3.40. The number of ether oxygens (including phenoxy) is 2. The second kappa shape index (κ2) is 5.54. The predicted molar refractivity (Wildman–Crippen MR) is 55.9 cm³/mol. The molecule has 0 spiro atoms. The maximum atomic E-state index is 8.71. The molecule has 0 aliphatic heterocycles. The molecule has 0 aliphatic rings. The number of methoxy groups -OCH3 is 1. The van der Waals surface area contributed by atoms with Gasteiger partial charge in [0.2, 0.25) is 5.88 Å². The van der Waals surface area contributed by atoms with E-state index in [0.717, 1.165) is 0 Å². The normalized spacial score (nSPS) is 11.9. The molecule has 1 aromatic heterocycles. The van der Waals surface area contributed by atoms with Crippen molar-refractivity contribution < 1.29 is 9.47 Å². The predicted octanol–water partition coefficient (Wildman–Crippen LogP) is 2.02. The topological polar surface area (TPSA) is 55.1 Å². The summed E-state index contributed by atoms with van der Waals surface area (Å²) in [7, 11) is 1.59. The van der Waals surface area contributed by atoms with Gasteiger partial charge >= 0.3 is 0 Å². The fourth-order valence-electron chi connectivity index (χ4n) is 1.07. The summed E-state index contributed by atoms with van der Waals surface area (Å²) in [6.07, 6.45) is -0.132. The van der Waals surface area contributed by atoms with E-state index in [0.29, 0.717) is 18.1 Å². The summed E-state index contributed by atoms with van der Waals surface area (Å²) in [5.41, 5.74) is 0.426. The Hall–Kier alpha value is -1.31. The maximum Gasteiger partial charge on any atom is 0.216 e. The van der Waals surface area contributed by atoms with Gasteiger partial charge in [-0.3, -0.25) is 0 Å². The molecule has 1 aromatic rings. The summed E-state index contributed by atoms with van der Waals surface area (Å²) in [6.45, 7) is 2.30. The lowest BCUT2D eigenvalue weighted by Gasteiger charge is -2.12. The van der Waals surface area contributed by atoms with Gasteiger partial charge in [-0.05, 0) is 13.0 Å².